The zero-order valence-corrected chi connectivity index (χ0v) is 16.1. The Kier molecular flexibility index (Phi) is 5.31. The second-order valence-corrected chi connectivity index (χ2v) is 7.60. The second kappa shape index (κ2) is 8.05. The zero-order valence-electron chi connectivity index (χ0n) is 16.1. The van der Waals surface area contributed by atoms with Crippen molar-refractivity contribution in [3.05, 3.63) is 70.6 Å². The molecule has 0 aliphatic heterocycles. The van der Waals surface area contributed by atoms with Gasteiger partial charge in [-0.15, -0.1) is 0 Å². The van der Waals surface area contributed by atoms with Gasteiger partial charge in [0.1, 0.15) is 0 Å². The number of rotatable bonds is 5. The first-order valence-corrected chi connectivity index (χ1v) is 9.89. The van der Waals surface area contributed by atoms with Crippen LogP contribution in [0.3, 0.4) is 0 Å². The Balaban J connectivity index is 1.56. The van der Waals surface area contributed by atoms with E-state index in [1.807, 2.05) is 42.5 Å². The fourth-order valence-corrected chi connectivity index (χ4v) is 3.73. The Morgan fingerprint density at radius 3 is 2.34 bits per heavy atom. The molecule has 0 saturated heterocycles. The van der Waals surface area contributed by atoms with Crippen molar-refractivity contribution in [2.24, 2.45) is 11.7 Å². The highest BCUT2D eigenvalue weighted by Crippen LogP contribution is 2.28. The number of fused-ring (bicyclic) bond motifs is 1. The average molecular weight is 392 g/mol. The third-order valence-electron chi connectivity index (χ3n) is 5.57. The van der Waals surface area contributed by atoms with Gasteiger partial charge in [0.05, 0.1) is 17.1 Å². The number of imide groups is 1. The molecule has 2 aromatic carbocycles. The summed E-state index contributed by atoms with van der Waals surface area (Å²) in [5.74, 6) is -0.155. The number of hydrogen-bond donors (Lipinski definition) is 2. The minimum Gasteiger partial charge on any atom is -0.320 e. The lowest BCUT2D eigenvalue weighted by atomic mass is 9.85. The van der Waals surface area contributed by atoms with E-state index < -0.39 is 23.7 Å². The molecule has 1 fully saturated rings. The topological polar surface area (TPSA) is 99.1 Å². The van der Waals surface area contributed by atoms with Crippen LogP contribution in [-0.4, -0.2) is 27.1 Å². The van der Waals surface area contributed by atoms with E-state index in [0.717, 1.165) is 23.0 Å². The van der Waals surface area contributed by atoms with Gasteiger partial charge in [0, 0.05) is 6.54 Å². The van der Waals surface area contributed by atoms with Crippen molar-refractivity contribution >= 4 is 23.0 Å². The predicted molar refractivity (Wildman–Crippen MR) is 111 cm³/mol. The minimum absolute atomic E-state index is 0.304. The summed E-state index contributed by atoms with van der Waals surface area (Å²) >= 11 is 0. The van der Waals surface area contributed by atoms with Crippen molar-refractivity contribution in [1.82, 2.24) is 14.5 Å². The summed E-state index contributed by atoms with van der Waals surface area (Å²) in [5, 5.41) is 2.29. The van der Waals surface area contributed by atoms with Crippen molar-refractivity contribution in [1.29, 1.82) is 0 Å². The summed E-state index contributed by atoms with van der Waals surface area (Å²) in [7, 11) is 0. The van der Waals surface area contributed by atoms with E-state index >= 15 is 0 Å². The molecule has 7 heteroatoms. The van der Waals surface area contributed by atoms with Crippen LogP contribution in [0.1, 0.15) is 24.8 Å². The summed E-state index contributed by atoms with van der Waals surface area (Å²) in [5.41, 5.74) is 7.62. The number of para-hydroxylation sites is 2. The number of nitrogens with two attached hydrogens (primary N) is 1. The number of hydrogen-bond acceptors (Lipinski definition) is 4. The van der Waals surface area contributed by atoms with Gasteiger partial charge in [-0.3, -0.25) is 14.7 Å². The SMILES string of the molecule is N[C@@H](Cc1ccccc1)C(=O)NC(=O)n1c(=O)n(CC2CCC2)c2ccccc21. The van der Waals surface area contributed by atoms with E-state index in [1.54, 1.807) is 16.7 Å². The first kappa shape index (κ1) is 19.1. The van der Waals surface area contributed by atoms with Crippen molar-refractivity contribution < 1.29 is 9.59 Å². The molecule has 0 unspecified atom stereocenters. The van der Waals surface area contributed by atoms with Crippen LogP contribution < -0.4 is 16.7 Å². The average Bonchev–Trinajstić information content (AvgIpc) is 2.96. The van der Waals surface area contributed by atoms with Crippen LogP contribution >= 0.6 is 0 Å². The van der Waals surface area contributed by atoms with Crippen LogP contribution in [0, 0.1) is 5.92 Å². The van der Waals surface area contributed by atoms with Gasteiger partial charge in [0.25, 0.3) is 0 Å². The van der Waals surface area contributed by atoms with Gasteiger partial charge in [-0.2, -0.15) is 0 Å². The molecule has 4 rings (SSSR count). The van der Waals surface area contributed by atoms with Gasteiger partial charge in [-0.1, -0.05) is 48.9 Å². The van der Waals surface area contributed by atoms with Crippen LogP contribution in [0.5, 0.6) is 0 Å². The monoisotopic (exact) mass is 392 g/mol. The molecule has 29 heavy (non-hydrogen) atoms. The van der Waals surface area contributed by atoms with Crippen molar-refractivity contribution in [2.45, 2.75) is 38.3 Å². The smallest absolute Gasteiger partial charge is 0.320 e. The van der Waals surface area contributed by atoms with E-state index in [9.17, 15) is 14.4 Å². The second-order valence-electron chi connectivity index (χ2n) is 7.60. The molecule has 1 aliphatic carbocycles. The van der Waals surface area contributed by atoms with E-state index in [1.165, 1.54) is 6.42 Å². The zero-order chi connectivity index (χ0) is 20.4. The molecule has 1 saturated carbocycles. The summed E-state index contributed by atoms with van der Waals surface area (Å²) in [6, 6.07) is 14.8. The number of nitrogens with zero attached hydrogens (tertiary/aromatic N) is 2. The highest BCUT2D eigenvalue weighted by molar-refractivity contribution is 6.00. The van der Waals surface area contributed by atoms with Crippen LogP contribution in [0.25, 0.3) is 11.0 Å². The lowest BCUT2D eigenvalue weighted by Gasteiger charge is -2.25. The summed E-state index contributed by atoms with van der Waals surface area (Å²) in [4.78, 5) is 38.2. The molecule has 3 N–H and O–H groups in total. The number of benzene rings is 2. The Labute approximate surface area is 168 Å². The van der Waals surface area contributed by atoms with Crippen LogP contribution in [0.15, 0.2) is 59.4 Å². The maximum absolute atomic E-state index is 13.0. The van der Waals surface area contributed by atoms with E-state index in [2.05, 4.69) is 5.32 Å². The normalized spacial score (nSPS) is 15.1. The van der Waals surface area contributed by atoms with Crippen LogP contribution in [-0.2, 0) is 17.8 Å². The third-order valence-corrected chi connectivity index (χ3v) is 5.57. The van der Waals surface area contributed by atoms with E-state index in [0.29, 0.717) is 29.9 Å². The van der Waals surface area contributed by atoms with Crippen molar-refractivity contribution in [2.75, 3.05) is 0 Å². The predicted octanol–water partition coefficient (Wildman–Crippen LogP) is 2.26. The standard InChI is InChI=1S/C22H24N4O3/c23-17(13-15-7-2-1-3-8-15)20(27)24-21(28)26-19-12-5-4-11-18(19)25(22(26)29)14-16-9-6-10-16/h1-5,7-8,11-12,16-17H,6,9-10,13-14,23H2,(H,24,27,28)/t17-/m0/s1. The number of carbonyl (C=O) groups is 2. The van der Waals surface area contributed by atoms with Crippen molar-refractivity contribution in [3.8, 4) is 0 Å². The summed E-state index contributed by atoms with van der Waals surface area (Å²) < 4.78 is 2.66. The first-order valence-electron chi connectivity index (χ1n) is 9.89. The van der Waals surface area contributed by atoms with Gasteiger partial charge >= 0.3 is 11.7 Å². The number of aromatic nitrogens is 2. The molecule has 0 radical (unpaired) electrons. The fraction of sp³-hybridized carbons (Fsp3) is 0.318. The van der Waals surface area contributed by atoms with Gasteiger partial charge in [0.15, 0.2) is 0 Å². The Bertz CT molecular complexity index is 1100. The van der Waals surface area contributed by atoms with Crippen LogP contribution in [0.4, 0.5) is 4.79 Å². The highest BCUT2D eigenvalue weighted by Gasteiger charge is 2.25. The molecule has 7 nitrogen and oxygen atoms in total. The molecular formula is C22H24N4O3. The number of imidazole rings is 1. The quantitative estimate of drug-likeness (QED) is 0.696. The van der Waals surface area contributed by atoms with Crippen LogP contribution in [0.2, 0.25) is 0 Å². The van der Waals surface area contributed by atoms with Gasteiger partial charge in [-0.25, -0.2) is 14.2 Å². The molecule has 3 aromatic rings. The van der Waals surface area contributed by atoms with Gasteiger partial charge in [0.2, 0.25) is 5.91 Å². The maximum Gasteiger partial charge on any atom is 0.337 e. The highest BCUT2D eigenvalue weighted by atomic mass is 16.2. The Morgan fingerprint density at radius 1 is 1.03 bits per heavy atom. The maximum atomic E-state index is 13.0. The van der Waals surface area contributed by atoms with E-state index in [4.69, 9.17) is 5.73 Å². The first-order chi connectivity index (χ1) is 14.0. The molecular weight excluding hydrogens is 368 g/mol. The third kappa shape index (κ3) is 3.86. The molecule has 1 heterocycles. The van der Waals surface area contributed by atoms with Gasteiger partial charge in [-0.05, 0) is 42.9 Å². The molecule has 2 amide bonds. The summed E-state index contributed by atoms with van der Waals surface area (Å²) in [6.07, 6.45) is 3.65. The lowest BCUT2D eigenvalue weighted by molar-refractivity contribution is -0.121. The molecule has 1 atom stereocenters. The molecule has 0 bridgehead atoms. The molecule has 1 aromatic heterocycles. The number of amides is 2. The molecule has 0 spiro atoms. The largest absolute Gasteiger partial charge is 0.337 e. The number of carbonyl (C=O) groups excluding carboxylic acids is 2. The Morgan fingerprint density at radius 2 is 1.69 bits per heavy atom. The molecule has 150 valence electrons. The summed E-state index contributed by atoms with van der Waals surface area (Å²) in [6.45, 7) is 0.584. The number of nitrogens with one attached hydrogen (secondary N) is 1. The van der Waals surface area contributed by atoms with Crippen molar-refractivity contribution in [3.63, 3.8) is 0 Å². The Hall–Kier alpha value is -3.19. The molecule has 1 aliphatic rings. The van der Waals surface area contributed by atoms with E-state index in [-0.39, 0.29) is 0 Å². The fourth-order valence-electron chi connectivity index (χ4n) is 3.73. The minimum atomic E-state index is -0.889. The van der Waals surface area contributed by atoms with Gasteiger partial charge < -0.3 is 5.73 Å². The lowest BCUT2D eigenvalue weighted by Crippen LogP contribution is -2.48.